The molecule has 0 aliphatic carbocycles. The Morgan fingerprint density at radius 1 is 1.38 bits per heavy atom. The van der Waals surface area contributed by atoms with Crippen LogP contribution in [0.3, 0.4) is 0 Å². The van der Waals surface area contributed by atoms with Crippen molar-refractivity contribution < 1.29 is 4.74 Å². The Morgan fingerprint density at radius 3 is 2.81 bits per heavy atom. The highest BCUT2D eigenvalue weighted by molar-refractivity contribution is 6.35. The third kappa shape index (κ3) is 3.70. The molecule has 0 bridgehead atoms. The molecular formula is C11H14Cl3NO. The third-order valence-corrected chi connectivity index (χ3v) is 3.06. The van der Waals surface area contributed by atoms with E-state index in [1.54, 1.807) is 12.1 Å². The molecule has 16 heavy (non-hydrogen) atoms. The predicted molar refractivity (Wildman–Crippen MR) is 70.2 cm³/mol. The van der Waals surface area contributed by atoms with Crippen molar-refractivity contribution in [2.45, 2.75) is 6.42 Å². The molecule has 1 saturated heterocycles. The molecule has 1 aliphatic rings. The number of nitrogens with one attached hydrogen (secondary N) is 1. The number of hydrogen-bond acceptors (Lipinski definition) is 2. The lowest BCUT2D eigenvalue weighted by Gasteiger charge is -2.11. The Balaban J connectivity index is 0.00000128. The Hall–Kier alpha value is -0.150. The van der Waals surface area contributed by atoms with Crippen molar-refractivity contribution in [2.24, 2.45) is 5.92 Å². The van der Waals surface area contributed by atoms with Gasteiger partial charge in [0, 0.05) is 17.5 Å². The van der Waals surface area contributed by atoms with E-state index in [2.05, 4.69) is 5.32 Å². The molecule has 2 nitrogen and oxygen atoms in total. The largest absolute Gasteiger partial charge is 0.492 e. The van der Waals surface area contributed by atoms with Gasteiger partial charge in [-0.25, -0.2) is 0 Å². The van der Waals surface area contributed by atoms with Crippen LogP contribution in [-0.4, -0.2) is 19.7 Å². The monoisotopic (exact) mass is 281 g/mol. The van der Waals surface area contributed by atoms with Crippen LogP contribution in [0.2, 0.25) is 10.0 Å². The zero-order valence-electron chi connectivity index (χ0n) is 8.71. The minimum absolute atomic E-state index is 0. The average Bonchev–Trinajstić information content (AvgIpc) is 2.69. The van der Waals surface area contributed by atoms with E-state index in [9.17, 15) is 0 Å². The minimum Gasteiger partial charge on any atom is -0.492 e. The molecule has 0 aromatic heterocycles. The number of halogens is 3. The molecule has 1 heterocycles. The molecule has 0 amide bonds. The van der Waals surface area contributed by atoms with Gasteiger partial charge in [0.1, 0.15) is 5.75 Å². The SMILES string of the molecule is Cl.Clc1ccc(OCC2CCNC2)c(Cl)c1. The van der Waals surface area contributed by atoms with Gasteiger partial charge in [-0.15, -0.1) is 12.4 Å². The minimum atomic E-state index is 0. The van der Waals surface area contributed by atoms with E-state index in [1.807, 2.05) is 6.07 Å². The summed E-state index contributed by atoms with van der Waals surface area (Å²) >= 11 is 11.8. The highest BCUT2D eigenvalue weighted by Crippen LogP contribution is 2.28. The summed E-state index contributed by atoms with van der Waals surface area (Å²) in [7, 11) is 0. The van der Waals surface area contributed by atoms with Gasteiger partial charge < -0.3 is 10.1 Å². The molecule has 90 valence electrons. The lowest BCUT2D eigenvalue weighted by molar-refractivity contribution is 0.260. The van der Waals surface area contributed by atoms with E-state index in [0.717, 1.165) is 13.1 Å². The van der Waals surface area contributed by atoms with Crippen molar-refractivity contribution in [1.82, 2.24) is 5.32 Å². The molecule has 2 rings (SSSR count). The number of rotatable bonds is 3. The molecule has 1 aromatic carbocycles. The molecule has 1 N–H and O–H groups in total. The maximum atomic E-state index is 5.99. The summed E-state index contributed by atoms with van der Waals surface area (Å²) in [6.07, 6.45) is 1.17. The fourth-order valence-electron chi connectivity index (χ4n) is 1.66. The van der Waals surface area contributed by atoms with E-state index in [4.69, 9.17) is 27.9 Å². The van der Waals surface area contributed by atoms with E-state index in [0.29, 0.717) is 28.3 Å². The Morgan fingerprint density at radius 2 is 2.19 bits per heavy atom. The standard InChI is InChI=1S/C11H13Cl2NO.ClH/c12-9-1-2-11(10(13)5-9)15-7-8-3-4-14-6-8;/h1-2,5,8,14H,3-4,6-7H2;1H. The van der Waals surface area contributed by atoms with Crippen molar-refractivity contribution in [3.63, 3.8) is 0 Å². The van der Waals surface area contributed by atoms with Gasteiger partial charge in [-0.05, 0) is 31.2 Å². The summed E-state index contributed by atoms with van der Waals surface area (Å²) in [5.41, 5.74) is 0. The van der Waals surface area contributed by atoms with Gasteiger partial charge in [0.15, 0.2) is 0 Å². The van der Waals surface area contributed by atoms with Crippen LogP contribution < -0.4 is 10.1 Å². The molecule has 1 aliphatic heterocycles. The van der Waals surface area contributed by atoms with E-state index < -0.39 is 0 Å². The van der Waals surface area contributed by atoms with Gasteiger partial charge in [0.05, 0.1) is 11.6 Å². The number of hydrogen-bond donors (Lipinski definition) is 1. The molecule has 1 atom stereocenters. The summed E-state index contributed by atoms with van der Waals surface area (Å²) in [6, 6.07) is 5.30. The van der Waals surface area contributed by atoms with Crippen molar-refractivity contribution in [3.05, 3.63) is 28.2 Å². The normalized spacial score (nSPS) is 19.2. The number of benzene rings is 1. The van der Waals surface area contributed by atoms with Crippen molar-refractivity contribution in [2.75, 3.05) is 19.7 Å². The van der Waals surface area contributed by atoms with Crippen LogP contribution in [0.25, 0.3) is 0 Å². The summed E-state index contributed by atoms with van der Waals surface area (Å²) in [5, 5.41) is 4.51. The smallest absolute Gasteiger partial charge is 0.137 e. The van der Waals surface area contributed by atoms with Crippen molar-refractivity contribution >= 4 is 35.6 Å². The second-order valence-electron chi connectivity index (χ2n) is 3.74. The van der Waals surface area contributed by atoms with Gasteiger partial charge in [-0.2, -0.15) is 0 Å². The third-order valence-electron chi connectivity index (χ3n) is 2.53. The second kappa shape index (κ2) is 6.55. The Labute approximate surface area is 112 Å². The van der Waals surface area contributed by atoms with Crippen LogP contribution in [0.4, 0.5) is 0 Å². The van der Waals surface area contributed by atoms with Crippen molar-refractivity contribution in [1.29, 1.82) is 0 Å². The molecule has 5 heteroatoms. The molecule has 1 unspecified atom stereocenters. The maximum absolute atomic E-state index is 5.99. The van der Waals surface area contributed by atoms with E-state index in [1.165, 1.54) is 6.42 Å². The molecular weight excluding hydrogens is 268 g/mol. The molecule has 0 spiro atoms. The van der Waals surface area contributed by atoms with Gasteiger partial charge in [-0.3, -0.25) is 0 Å². The average molecular weight is 283 g/mol. The number of ether oxygens (including phenoxy) is 1. The molecule has 1 fully saturated rings. The van der Waals surface area contributed by atoms with Gasteiger partial charge in [-0.1, -0.05) is 23.2 Å². The summed E-state index contributed by atoms with van der Waals surface area (Å²) < 4.78 is 5.65. The topological polar surface area (TPSA) is 21.3 Å². The van der Waals surface area contributed by atoms with Gasteiger partial charge >= 0.3 is 0 Å². The second-order valence-corrected chi connectivity index (χ2v) is 4.59. The fraction of sp³-hybridized carbons (Fsp3) is 0.455. The van der Waals surface area contributed by atoms with Gasteiger partial charge in [0.2, 0.25) is 0 Å². The van der Waals surface area contributed by atoms with Crippen LogP contribution >= 0.6 is 35.6 Å². The van der Waals surface area contributed by atoms with Crippen LogP contribution in [0, 0.1) is 5.92 Å². The zero-order valence-corrected chi connectivity index (χ0v) is 11.0. The van der Waals surface area contributed by atoms with E-state index in [-0.39, 0.29) is 12.4 Å². The first-order valence-corrected chi connectivity index (χ1v) is 5.80. The maximum Gasteiger partial charge on any atom is 0.137 e. The first-order chi connectivity index (χ1) is 7.25. The summed E-state index contributed by atoms with van der Waals surface area (Å²) in [4.78, 5) is 0. The summed E-state index contributed by atoms with van der Waals surface area (Å²) in [6.45, 7) is 2.84. The highest BCUT2D eigenvalue weighted by atomic mass is 35.5. The van der Waals surface area contributed by atoms with Gasteiger partial charge in [0.25, 0.3) is 0 Å². The fourth-order valence-corrected chi connectivity index (χ4v) is 2.12. The van der Waals surface area contributed by atoms with Crippen LogP contribution in [0.15, 0.2) is 18.2 Å². The lowest BCUT2D eigenvalue weighted by atomic mass is 10.1. The lowest BCUT2D eigenvalue weighted by Crippen LogP contribution is -2.15. The molecule has 0 saturated carbocycles. The van der Waals surface area contributed by atoms with Crippen molar-refractivity contribution in [3.8, 4) is 5.75 Å². The first-order valence-electron chi connectivity index (χ1n) is 5.04. The zero-order chi connectivity index (χ0) is 10.7. The van der Waals surface area contributed by atoms with E-state index >= 15 is 0 Å². The molecule has 0 radical (unpaired) electrons. The predicted octanol–water partition coefficient (Wildman–Crippen LogP) is 3.40. The molecule has 1 aromatic rings. The van der Waals surface area contributed by atoms with Crippen LogP contribution in [0.1, 0.15) is 6.42 Å². The van der Waals surface area contributed by atoms with Crippen LogP contribution in [0.5, 0.6) is 5.75 Å². The quantitative estimate of drug-likeness (QED) is 0.917. The first kappa shape index (κ1) is 13.9. The highest BCUT2D eigenvalue weighted by Gasteiger charge is 2.15. The Kier molecular flexibility index (Phi) is 5.70. The summed E-state index contributed by atoms with van der Waals surface area (Å²) in [5.74, 6) is 1.31. The van der Waals surface area contributed by atoms with Crippen LogP contribution in [-0.2, 0) is 0 Å². The Bertz CT molecular complexity index is 340.